The standard InChI is InChI=1S/C30H31NO4/c1-32-20-35-27-14-13-24(22-11-7-8-12-23(22)27)30-25-15-16-31(18-21-9-5-4-6-10-21)19-26(25)28(33-2)17-29(30)34-3/h4-14,17H,15-16,18-20H2,1-3H3. The van der Waals surface area contributed by atoms with Crippen LogP contribution in [0.1, 0.15) is 16.7 Å². The van der Waals surface area contributed by atoms with E-state index in [2.05, 4.69) is 59.5 Å². The summed E-state index contributed by atoms with van der Waals surface area (Å²) in [5, 5.41) is 2.17. The highest BCUT2D eigenvalue weighted by Gasteiger charge is 2.27. The zero-order valence-corrected chi connectivity index (χ0v) is 20.5. The zero-order chi connectivity index (χ0) is 24.2. The number of methoxy groups -OCH3 is 3. The van der Waals surface area contributed by atoms with Gasteiger partial charge >= 0.3 is 0 Å². The maximum Gasteiger partial charge on any atom is 0.188 e. The van der Waals surface area contributed by atoms with Crippen molar-refractivity contribution in [3.05, 3.63) is 89.5 Å². The molecule has 5 rings (SSSR count). The summed E-state index contributed by atoms with van der Waals surface area (Å²) in [6.45, 7) is 2.93. The molecule has 0 spiro atoms. The van der Waals surface area contributed by atoms with E-state index in [4.69, 9.17) is 18.9 Å². The highest BCUT2D eigenvalue weighted by atomic mass is 16.7. The van der Waals surface area contributed by atoms with Crippen LogP contribution in [0.4, 0.5) is 0 Å². The van der Waals surface area contributed by atoms with Crippen molar-refractivity contribution in [2.24, 2.45) is 0 Å². The number of rotatable bonds is 8. The van der Waals surface area contributed by atoms with Gasteiger partial charge in [-0.3, -0.25) is 4.90 Å². The highest BCUT2D eigenvalue weighted by molar-refractivity contribution is 6.02. The summed E-state index contributed by atoms with van der Waals surface area (Å²) < 4.78 is 22.8. The molecule has 5 heteroatoms. The molecule has 0 amide bonds. The monoisotopic (exact) mass is 469 g/mol. The second-order valence-corrected chi connectivity index (χ2v) is 8.77. The molecule has 35 heavy (non-hydrogen) atoms. The second kappa shape index (κ2) is 10.4. The van der Waals surface area contributed by atoms with E-state index in [1.807, 2.05) is 18.2 Å². The van der Waals surface area contributed by atoms with Crippen LogP contribution in [0.2, 0.25) is 0 Å². The topological polar surface area (TPSA) is 40.2 Å². The van der Waals surface area contributed by atoms with Crippen molar-refractivity contribution in [2.45, 2.75) is 19.5 Å². The predicted molar refractivity (Wildman–Crippen MR) is 139 cm³/mol. The minimum Gasteiger partial charge on any atom is -0.496 e. The van der Waals surface area contributed by atoms with Crippen LogP contribution < -0.4 is 14.2 Å². The first-order chi connectivity index (χ1) is 17.2. The third kappa shape index (κ3) is 4.57. The van der Waals surface area contributed by atoms with E-state index in [0.717, 1.165) is 65.2 Å². The number of nitrogens with zero attached hydrogens (tertiary/aromatic N) is 1. The minimum absolute atomic E-state index is 0.210. The maximum absolute atomic E-state index is 5.93. The van der Waals surface area contributed by atoms with Gasteiger partial charge in [0.05, 0.1) is 14.2 Å². The first-order valence-corrected chi connectivity index (χ1v) is 11.9. The number of ether oxygens (including phenoxy) is 4. The molecule has 1 aliphatic rings. The summed E-state index contributed by atoms with van der Waals surface area (Å²) in [7, 11) is 5.10. The molecule has 0 aliphatic carbocycles. The fourth-order valence-corrected chi connectivity index (χ4v) is 5.10. The van der Waals surface area contributed by atoms with Crippen LogP contribution in [0.25, 0.3) is 21.9 Å². The van der Waals surface area contributed by atoms with Gasteiger partial charge in [-0.1, -0.05) is 54.6 Å². The number of hydrogen-bond acceptors (Lipinski definition) is 5. The van der Waals surface area contributed by atoms with Gasteiger partial charge in [0.15, 0.2) is 6.79 Å². The SMILES string of the molecule is COCOc1ccc(-c2c(OC)cc(OC)c3c2CCN(Cc2ccccc2)C3)c2ccccc12. The van der Waals surface area contributed by atoms with Crippen molar-refractivity contribution < 1.29 is 18.9 Å². The van der Waals surface area contributed by atoms with Gasteiger partial charge in [-0.05, 0) is 40.6 Å². The third-order valence-electron chi connectivity index (χ3n) is 6.71. The van der Waals surface area contributed by atoms with Crippen LogP contribution >= 0.6 is 0 Å². The van der Waals surface area contributed by atoms with Crippen molar-refractivity contribution in [3.8, 4) is 28.4 Å². The molecule has 0 radical (unpaired) electrons. The third-order valence-corrected chi connectivity index (χ3v) is 6.71. The van der Waals surface area contributed by atoms with Crippen molar-refractivity contribution in [3.63, 3.8) is 0 Å². The smallest absolute Gasteiger partial charge is 0.188 e. The van der Waals surface area contributed by atoms with Crippen molar-refractivity contribution >= 4 is 10.8 Å². The van der Waals surface area contributed by atoms with Gasteiger partial charge in [-0.25, -0.2) is 0 Å². The van der Waals surface area contributed by atoms with Crippen LogP contribution in [-0.2, 0) is 24.2 Å². The Balaban J connectivity index is 1.62. The van der Waals surface area contributed by atoms with Crippen LogP contribution in [0.3, 0.4) is 0 Å². The van der Waals surface area contributed by atoms with E-state index in [9.17, 15) is 0 Å². The molecule has 0 unspecified atom stereocenters. The van der Waals surface area contributed by atoms with E-state index in [0.29, 0.717) is 0 Å². The average molecular weight is 470 g/mol. The summed E-state index contributed by atoms with van der Waals surface area (Å²) in [6.07, 6.45) is 0.918. The number of benzene rings is 4. The Morgan fingerprint density at radius 1 is 0.743 bits per heavy atom. The molecular weight excluding hydrogens is 438 g/mol. The lowest BCUT2D eigenvalue weighted by Gasteiger charge is -2.32. The Labute approximate surface area is 206 Å². The van der Waals surface area contributed by atoms with Gasteiger partial charge in [0.2, 0.25) is 0 Å². The van der Waals surface area contributed by atoms with Gasteiger partial charge in [0.25, 0.3) is 0 Å². The summed E-state index contributed by atoms with van der Waals surface area (Å²) in [5.41, 5.74) is 6.12. The minimum atomic E-state index is 0.210. The normalized spacial score (nSPS) is 13.5. The molecule has 180 valence electrons. The summed E-state index contributed by atoms with van der Waals surface area (Å²) >= 11 is 0. The lowest BCUT2D eigenvalue weighted by atomic mass is 9.87. The Hall–Kier alpha value is -3.54. The molecule has 4 aromatic rings. The molecule has 0 saturated carbocycles. The highest BCUT2D eigenvalue weighted by Crippen LogP contribution is 2.46. The van der Waals surface area contributed by atoms with Gasteiger partial charge in [0.1, 0.15) is 17.2 Å². The number of hydrogen-bond donors (Lipinski definition) is 0. The molecule has 4 aromatic carbocycles. The summed E-state index contributed by atoms with van der Waals surface area (Å²) in [4.78, 5) is 2.48. The van der Waals surface area contributed by atoms with E-state index < -0.39 is 0 Å². The summed E-state index contributed by atoms with van der Waals surface area (Å²) in [6, 6.07) is 25.2. The lowest BCUT2D eigenvalue weighted by Crippen LogP contribution is -2.31. The Morgan fingerprint density at radius 3 is 2.23 bits per heavy atom. The molecule has 1 aliphatic heterocycles. The quantitative estimate of drug-likeness (QED) is 0.293. The average Bonchev–Trinajstić information content (AvgIpc) is 2.91. The van der Waals surface area contributed by atoms with Crippen LogP contribution in [0, 0.1) is 0 Å². The molecule has 0 atom stereocenters. The maximum atomic E-state index is 5.93. The van der Waals surface area contributed by atoms with E-state index in [-0.39, 0.29) is 6.79 Å². The second-order valence-electron chi connectivity index (χ2n) is 8.77. The molecule has 0 fully saturated rings. The van der Waals surface area contributed by atoms with Crippen LogP contribution in [-0.4, -0.2) is 39.6 Å². The van der Waals surface area contributed by atoms with Gasteiger partial charge < -0.3 is 18.9 Å². The van der Waals surface area contributed by atoms with E-state index in [1.165, 1.54) is 16.7 Å². The van der Waals surface area contributed by atoms with Crippen LogP contribution in [0.15, 0.2) is 72.8 Å². The predicted octanol–water partition coefficient (Wildman–Crippen LogP) is 6.07. The molecule has 1 heterocycles. The Bertz CT molecular complexity index is 1320. The molecule has 0 bridgehead atoms. The summed E-state index contributed by atoms with van der Waals surface area (Å²) in [5.74, 6) is 2.51. The largest absolute Gasteiger partial charge is 0.496 e. The Morgan fingerprint density at radius 2 is 1.49 bits per heavy atom. The van der Waals surface area contributed by atoms with Crippen molar-refractivity contribution in [1.29, 1.82) is 0 Å². The van der Waals surface area contributed by atoms with Crippen molar-refractivity contribution in [2.75, 3.05) is 34.7 Å². The van der Waals surface area contributed by atoms with Gasteiger partial charge in [-0.15, -0.1) is 0 Å². The Kier molecular flexibility index (Phi) is 6.89. The lowest BCUT2D eigenvalue weighted by molar-refractivity contribution is 0.0522. The zero-order valence-electron chi connectivity index (χ0n) is 20.5. The van der Waals surface area contributed by atoms with E-state index >= 15 is 0 Å². The van der Waals surface area contributed by atoms with E-state index in [1.54, 1.807) is 21.3 Å². The first kappa shape index (κ1) is 23.2. The molecular formula is C30H31NO4. The van der Waals surface area contributed by atoms with Gasteiger partial charge in [-0.2, -0.15) is 0 Å². The van der Waals surface area contributed by atoms with Crippen molar-refractivity contribution in [1.82, 2.24) is 4.90 Å². The van der Waals surface area contributed by atoms with Crippen LogP contribution in [0.5, 0.6) is 17.2 Å². The fraction of sp³-hybridized carbons (Fsp3) is 0.267. The first-order valence-electron chi connectivity index (χ1n) is 11.9. The number of fused-ring (bicyclic) bond motifs is 2. The fourth-order valence-electron chi connectivity index (χ4n) is 5.10. The molecule has 0 N–H and O–H groups in total. The molecule has 0 saturated heterocycles. The molecule has 0 aromatic heterocycles. The van der Waals surface area contributed by atoms with Gasteiger partial charge in [0, 0.05) is 49.3 Å². The molecule has 5 nitrogen and oxygen atoms in total.